The Labute approximate surface area is 143 Å². The summed E-state index contributed by atoms with van der Waals surface area (Å²) in [5.41, 5.74) is 0.295. The second-order valence-corrected chi connectivity index (χ2v) is 6.05. The van der Waals surface area contributed by atoms with Gasteiger partial charge in [-0.05, 0) is 38.9 Å². The van der Waals surface area contributed by atoms with E-state index in [1.54, 1.807) is 13.8 Å². The molecule has 0 radical (unpaired) electrons. The van der Waals surface area contributed by atoms with Crippen molar-refractivity contribution in [1.29, 1.82) is 0 Å². The molecule has 6 heteroatoms. The number of nitrogens with one attached hydrogen (secondary N) is 1. The number of nitrogens with zero attached hydrogens (tertiary/aromatic N) is 1. The molecular formula is C18H28F2N2O2. The van der Waals surface area contributed by atoms with Crippen LogP contribution < -0.4 is 5.32 Å². The molecule has 4 nitrogen and oxygen atoms in total. The van der Waals surface area contributed by atoms with Gasteiger partial charge in [-0.3, -0.25) is 4.90 Å². The highest BCUT2D eigenvalue weighted by Gasteiger charge is 2.27. The molecule has 1 aromatic carbocycles. The lowest BCUT2D eigenvalue weighted by Gasteiger charge is -2.40. The van der Waals surface area contributed by atoms with Crippen LogP contribution in [-0.4, -0.2) is 43.8 Å². The Kier molecular flexibility index (Phi) is 7.40. The van der Waals surface area contributed by atoms with Crippen LogP contribution in [0.2, 0.25) is 0 Å². The van der Waals surface area contributed by atoms with Gasteiger partial charge in [-0.25, -0.2) is 8.78 Å². The molecule has 1 N–H and O–H groups in total. The summed E-state index contributed by atoms with van der Waals surface area (Å²) in [5, 5.41) is 3.19. The maximum absolute atomic E-state index is 14.4. The molecule has 0 aliphatic carbocycles. The Morgan fingerprint density at radius 2 is 1.71 bits per heavy atom. The van der Waals surface area contributed by atoms with Crippen molar-refractivity contribution in [1.82, 2.24) is 4.90 Å². The van der Waals surface area contributed by atoms with Crippen LogP contribution in [0.4, 0.5) is 14.5 Å². The maximum Gasteiger partial charge on any atom is 0.189 e. The minimum Gasteiger partial charge on any atom is -0.380 e. The first kappa shape index (κ1) is 19.1. The van der Waals surface area contributed by atoms with Gasteiger partial charge in [-0.2, -0.15) is 0 Å². The maximum atomic E-state index is 14.4. The molecule has 0 saturated carbocycles. The standard InChI is InChI=1S/C18H28F2N2O2/c1-4-7-8-22-11-14(12-22)21-13-9-15(19)17(16(20)10-13)18(23-5-2)24-6-3/h9-10,14,18,21H,4-8,11-12H2,1-3H3. The smallest absolute Gasteiger partial charge is 0.189 e. The average Bonchev–Trinajstić information content (AvgIpc) is 2.49. The summed E-state index contributed by atoms with van der Waals surface area (Å²) in [6.07, 6.45) is 1.34. The van der Waals surface area contributed by atoms with Crippen molar-refractivity contribution in [2.24, 2.45) is 0 Å². The van der Waals surface area contributed by atoms with Crippen LogP contribution in [0, 0.1) is 11.6 Å². The van der Waals surface area contributed by atoms with Gasteiger partial charge in [0.05, 0.1) is 11.6 Å². The number of benzene rings is 1. The highest BCUT2D eigenvalue weighted by atomic mass is 19.1. The molecule has 1 fully saturated rings. The fraction of sp³-hybridized carbons (Fsp3) is 0.667. The van der Waals surface area contributed by atoms with Crippen molar-refractivity contribution in [3.63, 3.8) is 0 Å². The zero-order valence-corrected chi connectivity index (χ0v) is 14.8. The third kappa shape index (κ3) is 4.88. The first-order chi connectivity index (χ1) is 11.6. The number of halogens is 2. The number of unbranched alkanes of at least 4 members (excludes halogenated alkanes) is 1. The van der Waals surface area contributed by atoms with E-state index in [9.17, 15) is 8.78 Å². The number of anilines is 1. The van der Waals surface area contributed by atoms with Gasteiger partial charge in [0.1, 0.15) is 11.6 Å². The lowest BCUT2D eigenvalue weighted by atomic mass is 10.1. The van der Waals surface area contributed by atoms with E-state index in [-0.39, 0.29) is 11.6 Å². The van der Waals surface area contributed by atoms with E-state index in [1.807, 2.05) is 0 Å². The first-order valence-corrected chi connectivity index (χ1v) is 8.80. The topological polar surface area (TPSA) is 33.7 Å². The Morgan fingerprint density at radius 3 is 2.21 bits per heavy atom. The third-order valence-electron chi connectivity index (χ3n) is 4.11. The fourth-order valence-electron chi connectivity index (χ4n) is 2.87. The summed E-state index contributed by atoms with van der Waals surface area (Å²) in [7, 11) is 0. The molecule has 0 amide bonds. The van der Waals surface area contributed by atoms with Gasteiger partial charge in [0.25, 0.3) is 0 Å². The minimum atomic E-state index is -1.01. The lowest BCUT2D eigenvalue weighted by molar-refractivity contribution is -0.143. The molecule has 1 aromatic rings. The summed E-state index contributed by atoms with van der Waals surface area (Å²) >= 11 is 0. The van der Waals surface area contributed by atoms with E-state index < -0.39 is 17.9 Å². The fourth-order valence-corrected chi connectivity index (χ4v) is 2.87. The predicted octanol–water partition coefficient (Wildman–Crippen LogP) is 3.93. The van der Waals surface area contributed by atoms with E-state index in [2.05, 4.69) is 17.1 Å². The van der Waals surface area contributed by atoms with Crippen molar-refractivity contribution in [3.05, 3.63) is 29.3 Å². The van der Waals surface area contributed by atoms with Crippen molar-refractivity contribution >= 4 is 5.69 Å². The van der Waals surface area contributed by atoms with Crippen LogP contribution >= 0.6 is 0 Å². The van der Waals surface area contributed by atoms with E-state index >= 15 is 0 Å². The zero-order chi connectivity index (χ0) is 17.5. The average molecular weight is 342 g/mol. The molecular weight excluding hydrogens is 314 g/mol. The van der Waals surface area contributed by atoms with Gasteiger partial charge in [0.2, 0.25) is 0 Å². The Hall–Kier alpha value is -1.24. The molecule has 1 heterocycles. The van der Waals surface area contributed by atoms with Crippen LogP contribution in [0.3, 0.4) is 0 Å². The summed E-state index contributed by atoms with van der Waals surface area (Å²) in [5.74, 6) is -1.29. The highest BCUT2D eigenvalue weighted by molar-refractivity contribution is 5.48. The van der Waals surface area contributed by atoms with E-state index in [0.29, 0.717) is 18.9 Å². The van der Waals surface area contributed by atoms with Crippen LogP contribution in [0.1, 0.15) is 45.5 Å². The van der Waals surface area contributed by atoms with Gasteiger partial charge in [-0.15, -0.1) is 0 Å². The number of rotatable bonds is 10. The van der Waals surface area contributed by atoms with Gasteiger partial charge in [0, 0.05) is 32.0 Å². The SMILES string of the molecule is CCCCN1CC(Nc2cc(F)c(C(OCC)OCC)c(F)c2)C1. The molecule has 2 rings (SSSR count). The molecule has 1 saturated heterocycles. The largest absolute Gasteiger partial charge is 0.380 e. The number of hydrogen-bond donors (Lipinski definition) is 1. The lowest BCUT2D eigenvalue weighted by Crippen LogP contribution is -2.54. The third-order valence-corrected chi connectivity index (χ3v) is 4.11. The van der Waals surface area contributed by atoms with Gasteiger partial charge < -0.3 is 14.8 Å². The van der Waals surface area contributed by atoms with Crippen molar-refractivity contribution in [2.45, 2.75) is 45.9 Å². The Balaban J connectivity index is 1.99. The molecule has 136 valence electrons. The van der Waals surface area contributed by atoms with Crippen LogP contribution in [0.15, 0.2) is 12.1 Å². The van der Waals surface area contributed by atoms with Crippen molar-refractivity contribution < 1.29 is 18.3 Å². The van der Waals surface area contributed by atoms with E-state index in [1.165, 1.54) is 25.0 Å². The normalized spacial score (nSPS) is 15.8. The molecule has 0 unspecified atom stereocenters. The quantitative estimate of drug-likeness (QED) is 0.653. The van der Waals surface area contributed by atoms with Crippen LogP contribution in [0.5, 0.6) is 0 Å². The number of hydrogen-bond acceptors (Lipinski definition) is 4. The minimum absolute atomic E-state index is 0.164. The zero-order valence-electron chi connectivity index (χ0n) is 14.8. The first-order valence-electron chi connectivity index (χ1n) is 8.80. The van der Waals surface area contributed by atoms with Crippen LogP contribution in [-0.2, 0) is 9.47 Å². The molecule has 1 aliphatic rings. The Morgan fingerprint density at radius 1 is 1.12 bits per heavy atom. The predicted molar refractivity (Wildman–Crippen MR) is 91.1 cm³/mol. The van der Waals surface area contributed by atoms with Crippen LogP contribution in [0.25, 0.3) is 0 Å². The van der Waals surface area contributed by atoms with Gasteiger partial charge in [0.15, 0.2) is 6.29 Å². The van der Waals surface area contributed by atoms with E-state index in [4.69, 9.17) is 9.47 Å². The van der Waals surface area contributed by atoms with Gasteiger partial charge in [-0.1, -0.05) is 13.3 Å². The molecule has 24 heavy (non-hydrogen) atoms. The summed E-state index contributed by atoms with van der Waals surface area (Å²) in [6.45, 7) is 9.23. The van der Waals surface area contributed by atoms with Crippen molar-refractivity contribution in [3.8, 4) is 0 Å². The monoisotopic (exact) mass is 342 g/mol. The number of ether oxygens (including phenoxy) is 2. The molecule has 0 spiro atoms. The summed E-state index contributed by atoms with van der Waals surface area (Å²) in [4.78, 5) is 2.34. The summed E-state index contributed by atoms with van der Waals surface area (Å²) < 4.78 is 39.4. The molecule has 0 aromatic heterocycles. The van der Waals surface area contributed by atoms with Gasteiger partial charge >= 0.3 is 0 Å². The second-order valence-electron chi connectivity index (χ2n) is 6.05. The molecule has 1 aliphatic heterocycles. The molecule has 0 bridgehead atoms. The Bertz CT molecular complexity index is 493. The highest BCUT2D eigenvalue weighted by Crippen LogP contribution is 2.28. The summed E-state index contributed by atoms with van der Waals surface area (Å²) in [6, 6.07) is 2.87. The second kappa shape index (κ2) is 9.30. The number of likely N-dealkylation sites (tertiary alicyclic amines) is 1. The van der Waals surface area contributed by atoms with E-state index in [0.717, 1.165) is 19.6 Å². The molecule has 0 atom stereocenters. The van der Waals surface area contributed by atoms with Crippen molar-refractivity contribution in [2.75, 3.05) is 38.2 Å².